The van der Waals surface area contributed by atoms with Gasteiger partial charge in [-0.05, 0) is 18.6 Å². The van der Waals surface area contributed by atoms with Crippen molar-refractivity contribution in [2.45, 2.75) is 23.8 Å². The molecule has 1 atom stereocenters. The first kappa shape index (κ1) is 14.6. The second-order valence-electron chi connectivity index (χ2n) is 5.30. The van der Waals surface area contributed by atoms with E-state index in [2.05, 4.69) is 0 Å². The molecule has 0 bridgehead atoms. The van der Waals surface area contributed by atoms with Crippen LogP contribution < -0.4 is 5.73 Å². The van der Waals surface area contributed by atoms with E-state index in [1.807, 2.05) is 0 Å². The predicted octanol–water partition coefficient (Wildman–Crippen LogP) is 0.917. The monoisotopic (exact) mass is 329 g/mol. The molecule has 3 rings (SSSR count). The first-order valence-electron chi connectivity index (χ1n) is 6.75. The van der Waals surface area contributed by atoms with Gasteiger partial charge in [0.25, 0.3) is 0 Å². The normalized spacial score (nSPS) is 23.4. The molecular weight excluding hydrogens is 314 g/mol. The van der Waals surface area contributed by atoms with Crippen LogP contribution in [0.3, 0.4) is 0 Å². The Kier molecular flexibility index (Phi) is 3.59. The van der Waals surface area contributed by atoms with Crippen molar-refractivity contribution in [1.29, 1.82) is 0 Å². The fraction of sp³-hybridized carbons (Fsp3) is 0.462. The van der Waals surface area contributed by atoms with Crippen molar-refractivity contribution >= 4 is 33.2 Å². The van der Waals surface area contributed by atoms with Gasteiger partial charge in [0.05, 0.1) is 10.7 Å². The van der Waals surface area contributed by atoms with Crippen molar-refractivity contribution in [3.8, 4) is 0 Å². The second-order valence-corrected chi connectivity index (χ2v) is 7.58. The highest BCUT2D eigenvalue weighted by molar-refractivity contribution is 7.89. The lowest BCUT2D eigenvalue weighted by Gasteiger charge is -2.36. The Hall–Kier alpha value is -1.31. The largest absolute Gasteiger partial charge is 0.398 e. The number of nitrogens with zero attached hydrogens (tertiary/aromatic N) is 2. The van der Waals surface area contributed by atoms with Gasteiger partial charge in [-0.15, -0.1) is 0 Å². The van der Waals surface area contributed by atoms with E-state index >= 15 is 0 Å². The summed E-state index contributed by atoms with van der Waals surface area (Å²) in [5, 5.41) is 0.125. The number of hydrogen-bond acceptors (Lipinski definition) is 4. The van der Waals surface area contributed by atoms with Crippen LogP contribution in [0.25, 0.3) is 0 Å². The zero-order valence-electron chi connectivity index (χ0n) is 11.3. The molecule has 2 aliphatic rings. The van der Waals surface area contributed by atoms with Crippen LogP contribution in [0.2, 0.25) is 5.02 Å². The van der Waals surface area contributed by atoms with Crippen molar-refractivity contribution in [1.82, 2.24) is 9.21 Å². The third-order valence-electron chi connectivity index (χ3n) is 4.05. The summed E-state index contributed by atoms with van der Waals surface area (Å²) in [5.74, 6) is 0.106. The van der Waals surface area contributed by atoms with Crippen molar-refractivity contribution in [3.63, 3.8) is 0 Å². The number of carbonyl (C=O) groups excluding carboxylic acids is 1. The average molecular weight is 330 g/mol. The number of nitrogen functional groups attached to an aromatic ring is 1. The van der Waals surface area contributed by atoms with Crippen LogP contribution in [-0.2, 0) is 14.8 Å². The fourth-order valence-corrected chi connectivity index (χ4v) is 5.08. The summed E-state index contributed by atoms with van der Waals surface area (Å²) in [6.45, 7) is 1.00. The summed E-state index contributed by atoms with van der Waals surface area (Å²) in [6, 6.07) is 4.61. The number of fused-ring (bicyclic) bond motifs is 1. The number of benzene rings is 1. The lowest BCUT2D eigenvalue weighted by molar-refractivity contribution is -0.130. The van der Waals surface area contributed by atoms with Gasteiger partial charge in [-0.25, -0.2) is 8.42 Å². The van der Waals surface area contributed by atoms with Crippen LogP contribution in [-0.4, -0.2) is 49.2 Å². The Balaban J connectivity index is 1.91. The van der Waals surface area contributed by atoms with E-state index in [4.69, 9.17) is 17.3 Å². The molecule has 2 N–H and O–H groups in total. The van der Waals surface area contributed by atoms with Gasteiger partial charge in [-0.2, -0.15) is 4.31 Å². The first-order chi connectivity index (χ1) is 9.91. The van der Waals surface area contributed by atoms with Gasteiger partial charge in [-0.3, -0.25) is 4.79 Å². The lowest BCUT2D eigenvalue weighted by atomic mass is 10.2. The molecule has 114 valence electrons. The standard InChI is InChI=1S/C13H16ClN3O3S/c14-10-2-1-3-11(15)13(10)21(19,20)16-6-7-17-9(8-16)4-5-12(17)18/h1-3,9H,4-8,15H2. The van der Waals surface area contributed by atoms with Crippen LogP contribution in [0.15, 0.2) is 23.1 Å². The van der Waals surface area contributed by atoms with Gasteiger partial charge in [0.1, 0.15) is 4.90 Å². The molecule has 0 aromatic heterocycles. The zero-order chi connectivity index (χ0) is 15.2. The van der Waals surface area contributed by atoms with Crippen molar-refractivity contribution in [2.24, 2.45) is 0 Å². The molecule has 21 heavy (non-hydrogen) atoms. The summed E-state index contributed by atoms with van der Waals surface area (Å²) in [6.07, 6.45) is 1.19. The summed E-state index contributed by atoms with van der Waals surface area (Å²) >= 11 is 6.02. The Morgan fingerprint density at radius 2 is 2.05 bits per heavy atom. The molecule has 1 unspecified atom stereocenters. The molecular formula is C13H16ClN3O3S. The molecule has 2 aliphatic heterocycles. The molecule has 2 saturated heterocycles. The number of amides is 1. The molecule has 1 aromatic carbocycles. The van der Waals surface area contributed by atoms with Crippen LogP contribution in [0, 0.1) is 0 Å². The van der Waals surface area contributed by atoms with E-state index in [1.54, 1.807) is 11.0 Å². The molecule has 8 heteroatoms. The Bertz CT molecular complexity index is 672. The summed E-state index contributed by atoms with van der Waals surface area (Å²) < 4.78 is 26.9. The minimum atomic E-state index is -3.74. The van der Waals surface area contributed by atoms with Gasteiger partial charge in [0.2, 0.25) is 15.9 Å². The molecule has 0 radical (unpaired) electrons. The van der Waals surface area contributed by atoms with Gasteiger partial charge >= 0.3 is 0 Å². The number of rotatable bonds is 2. The molecule has 2 heterocycles. The molecule has 0 aliphatic carbocycles. The minimum absolute atomic E-state index is 0.0373. The molecule has 2 fully saturated rings. The van der Waals surface area contributed by atoms with Crippen LogP contribution in [0.4, 0.5) is 5.69 Å². The predicted molar refractivity (Wildman–Crippen MR) is 79.4 cm³/mol. The number of carbonyl (C=O) groups is 1. The van der Waals surface area contributed by atoms with Crippen molar-refractivity contribution in [3.05, 3.63) is 23.2 Å². The van der Waals surface area contributed by atoms with E-state index in [-0.39, 0.29) is 34.1 Å². The van der Waals surface area contributed by atoms with Gasteiger partial charge < -0.3 is 10.6 Å². The molecule has 0 saturated carbocycles. The van der Waals surface area contributed by atoms with E-state index in [9.17, 15) is 13.2 Å². The van der Waals surface area contributed by atoms with Crippen molar-refractivity contribution in [2.75, 3.05) is 25.4 Å². The number of hydrogen-bond donors (Lipinski definition) is 1. The zero-order valence-corrected chi connectivity index (χ0v) is 12.9. The van der Waals surface area contributed by atoms with Crippen LogP contribution in [0.5, 0.6) is 0 Å². The van der Waals surface area contributed by atoms with Gasteiger partial charge in [-0.1, -0.05) is 17.7 Å². The highest BCUT2D eigenvalue weighted by atomic mass is 35.5. The van der Waals surface area contributed by atoms with E-state index < -0.39 is 10.0 Å². The van der Waals surface area contributed by atoms with E-state index in [0.717, 1.165) is 0 Å². The van der Waals surface area contributed by atoms with Gasteiger partial charge in [0.15, 0.2) is 0 Å². The maximum absolute atomic E-state index is 12.8. The third kappa shape index (κ3) is 2.39. The average Bonchev–Trinajstić information content (AvgIpc) is 2.79. The SMILES string of the molecule is Nc1cccc(Cl)c1S(=O)(=O)N1CCN2C(=O)CCC2C1. The number of halogens is 1. The lowest BCUT2D eigenvalue weighted by Crippen LogP contribution is -2.53. The maximum Gasteiger partial charge on any atom is 0.246 e. The van der Waals surface area contributed by atoms with Gasteiger partial charge in [0, 0.05) is 32.1 Å². The Morgan fingerprint density at radius 3 is 2.76 bits per heavy atom. The van der Waals surface area contributed by atoms with Crippen LogP contribution >= 0.6 is 11.6 Å². The number of anilines is 1. The molecule has 1 amide bonds. The summed E-state index contributed by atoms with van der Waals surface area (Å²) in [4.78, 5) is 13.4. The van der Waals surface area contributed by atoms with E-state index in [0.29, 0.717) is 25.9 Å². The highest BCUT2D eigenvalue weighted by Crippen LogP contribution is 2.32. The second kappa shape index (κ2) is 5.15. The summed E-state index contributed by atoms with van der Waals surface area (Å²) in [5.41, 5.74) is 5.93. The Labute approximate surface area is 128 Å². The first-order valence-corrected chi connectivity index (χ1v) is 8.56. The smallest absolute Gasteiger partial charge is 0.246 e. The van der Waals surface area contributed by atoms with Crippen LogP contribution in [0.1, 0.15) is 12.8 Å². The highest BCUT2D eigenvalue weighted by Gasteiger charge is 2.40. The fourth-order valence-electron chi connectivity index (χ4n) is 2.98. The quantitative estimate of drug-likeness (QED) is 0.818. The minimum Gasteiger partial charge on any atom is -0.398 e. The molecule has 0 spiro atoms. The summed E-state index contributed by atoms with van der Waals surface area (Å²) in [7, 11) is -3.74. The topological polar surface area (TPSA) is 83.7 Å². The Morgan fingerprint density at radius 1 is 1.29 bits per heavy atom. The number of piperazine rings is 1. The number of nitrogens with two attached hydrogens (primary N) is 1. The molecule has 6 nitrogen and oxygen atoms in total. The third-order valence-corrected chi connectivity index (χ3v) is 6.46. The maximum atomic E-state index is 12.8. The number of sulfonamides is 1. The van der Waals surface area contributed by atoms with E-state index in [1.165, 1.54) is 16.4 Å². The molecule has 1 aromatic rings. The van der Waals surface area contributed by atoms with Crippen molar-refractivity contribution < 1.29 is 13.2 Å².